The average molecular weight is 364 g/mol. The number of anilines is 2. The minimum absolute atomic E-state index is 0.438. The number of halogens is 1. The maximum atomic E-state index is 11.0. The molecule has 0 radical (unpaired) electrons. The molecule has 1 amide bonds. The first-order valence-corrected chi connectivity index (χ1v) is 7.12. The van der Waals surface area contributed by atoms with Gasteiger partial charge in [-0.1, -0.05) is 27.1 Å². The minimum atomic E-state index is -0.765. The number of rotatable bonds is 4. The van der Waals surface area contributed by atoms with Crippen LogP contribution in [-0.2, 0) is 4.74 Å². The molecule has 114 valence electrons. The van der Waals surface area contributed by atoms with Gasteiger partial charge in [0.25, 0.3) is 0 Å². The van der Waals surface area contributed by atoms with Crippen LogP contribution in [0.3, 0.4) is 0 Å². The molecule has 0 heterocycles. The van der Waals surface area contributed by atoms with Crippen LogP contribution in [0, 0.1) is 0 Å². The van der Waals surface area contributed by atoms with Crippen LogP contribution in [0.25, 0.3) is 0 Å². The third-order valence-electron chi connectivity index (χ3n) is 2.71. The fourth-order valence-electron chi connectivity index (χ4n) is 1.71. The summed E-state index contributed by atoms with van der Waals surface area (Å²) in [6.45, 7) is 0. The number of carbonyl (C=O) groups excluding carboxylic acids is 1. The van der Waals surface area contributed by atoms with Crippen molar-refractivity contribution in [3.05, 3.63) is 46.9 Å². The van der Waals surface area contributed by atoms with Crippen molar-refractivity contribution in [1.82, 2.24) is 0 Å². The lowest BCUT2D eigenvalue weighted by Crippen LogP contribution is -1.92. The van der Waals surface area contributed by atoms with Gasteiger partial charge in [-0.2, -0.15) is 0 Å². The number of benzene rings is 2. The van der Waals surface area contributed by atoms with Gasteiger partial charge < -0.3 is 14.8 Å². The second kappa shape index (κ2) is 7.56. The average Bonchev–Trinajstić information content (AvgIpc) is 2.53. The summed E-state index contributed by atoms with van der Waals surface area (Å²) in [7, 11) is 2.76. The zero-order chi connectivity index (χ0) is 15.9. The molecule has 0 atom stereocenters. The normalized spacial score (nSPS) is 10.5. The lowest BCUT2D eigenvalue weighted by molar-refractivity contribution is 0.181. The lowest BCUT2D eigenvalue weighted by Gasteiger charge is -2.10. The Balaban J connectivity index is 2.21. The van der Waals surface area contributed by atoms with Gasteiger partial charge in [-0.05, 0) is 30.3 Å². The quantitative estimate of drug-likeness (QED) is 0.771. The highest BCUT2D eigenvalue weighted by molar-refractivity contribution is 9.10. The van der Waals surface area contributed by atoms with Gasteiger partial charge in [0.05, 0.1) is 14.2 Å². The molecule has 0 aliphatic rings. The maximum absolute atomic E-state index is 11.0. The van der Waals surface area contributed by atoms with Gasteiger partial charge in [0, 0.05) is 21.9 Å². The van der Waals surface area contributed by atoms with Crippen LogP contribution in [0.15, 0.2) is 57.2 Å². The Hall–Kier alpha value is -2.41. The van der Waals surface area contributed by atoms with Crippen LogP contribution in [0.2, 0.25) is 0 Å². The van der Waals surface area contributed by atoms with Crippen molar-refractivity contribution >= 4 is 39.1 Å². The summed E-state index contributed by atoms with van der Waals surface area (Å²) in [4.78, 5) is 11.0. The molecule has 1 N–H and O–H groups in total. The van der Waals surface area contributed by atoms with Crippen LogP contribution in [0.5, 0.6) is 5.75 Å². The molecule has 0 aromatic heterocycles. The maximum Gasteiger partial charge on any atom is 0.452 e. The Morgan fingerprint density at radius 1 is 1.14 bits per heavy atom. The molecule has 0 aliphatic carbocycles. The summed E-state index contributed by atoms with van der Waals surface area (Å²) < 4.78 is 10.6. The van der Waals surface area contributed by atoms with E-state index in [4.69, 9.17) is 4.74 Å². The molecule has 2 aromatic rings. The number of hydrogen-bond acceptors (Lipinski definition) is 5. The minimum Gasteiger partial charge on any atom is -0.494 e. The van der Waals surface area contributed by atoms with E-state index in [0.29, 0.717) is 11.4 Å². The van der Waals surface area contributed by atoms with Crippen molar-refractivity contribution in [2.45, 2.75) is 0 Å². The number of amides is 1. The molecule has 7 heteroatoms. The SMILES string of the molecule is COC(=O)N=Nc1ccc(Nc2cccc(Br)c2)cc1OC. The summed E-state index contributed by atoms with van der Waals surface area (Å²) in [5.41, 5.74) is 2.19. The van der Waals surface area contributed by atoms with E-state index < -0.39 is 6.09 Å². The van der Waals surface area contributed by atoms with Crippen LogP contribution >= 0.6 is 15.9 Å². The molecule has 0 saturated carbocycles. The topological polar surface area (TPSA) is 72.3 Å². The molecule has 0 unspecified atom stereocenters. The largest absolute Gasteiger partial charge is 0.494 e. The Bertz CT molecular complexity index is 704. The molecule has 0 bridgehead atoms. The lowest BCUT2D eigenvalue weighted by atomic mass is 10.2. The van der Waals surface area contributed by atoms with Crippen molar-refractivity contribution in [2.75, 3.05) is 19.5 Å². The standard InChI is InChI=1S/C15H14BrN3O3/c1-21-14-9-12(17-11-5-3-4-10(16)8-11)6-7-13(14)18-19-15(20)22-2/h3-9,17H,1-2H3. The highest BCUT2D eigenvalue weighted by Gasteiger charge is 2.05. The van der Waals surface area contributed by atoms with Crippen LogP contribution in [0.1, 0.15) is 0 Å². The fourth-order valence-corrected chi connectivity index (χ4v) is 2.11. The molecule has 2 rings (SSSR count). The molecular weight excluding hydrogens is 350 g/mol. The highest BCUT2D eigenvalue weighted by Crippen LogP contribution is 2.32. The second-order valence-electron chi connectivity index (χ2n) is 4.19. The molecule has 6 nitrogen and oxygen atoms in total. The number of methoxy groups -OCH3 is 2. The third-order valence-corrected chi connectivity index (χ3v) is 3.20. The fraction of sp³-hybridized carbons (Fsp3) is 0.133. The van der Waals surface area contributed by atoms with E-state index in [9.17, 15) is 4.79 Å². The van der Waals surface area contributed by atoms with Crippen molar-refractivity contribution in [1.29, 1.82) is 0 Å². The predicted octanol–water partition coefficient (Wildman–Crippen LogP) is 5.05. The Morgan fingerprint density at radius 3 is 2.59 bits per heavy atom. The number of hydrogen-bond donors (Lipinski definition) is 1. The number of nitrogens with one attached hydrogen (secondary N) is 1. The molecule has 0 fully saturated rings. The van der Waals surface area contributed by atoms with E-state index in [1.54, 1.807) is 12.1 Å². The van der Waals surface area contributed by atoms with E-state index in [2.05, 4.69) is 36.2 Å². The van der Waals surface area contributed by atoms with Crippen LogP contribution in [0.4, 0.5) is 21.9 Å². The first-order chi connectivity index (χ1) is 10.6. The Kier molecular flexibility index (Phi) is 5.48. The molecule has 22 heavy (non-hydrogen) atoms. The zero-order valence-corrected chi connectivity index (χ0v) is 13.6. The first-order valence-electron chi connectivity index (χ1n) is 6.32. The summed E-state index contributed by atoms with van der Waals surface area (Å²) in [5.74, 6) is 0.493. The second-order valence-corrected chi connectivity index (χ2v) is 5.11. The highest BCUT2D eigenvalue weighted by atomic mass is 79.9. The zero-order valence-electron chi connectivity index (χ0n) is 12.0. The van der Waals surface area contributed by atoms with Crippen molar-refractivity contribution in [2.24, 2.45) is 10.2 Å². The first kappa shape index (κ1) is 16.0. The van der Waals surface area contributed by atoms with E-state index in [-0.39, 0.29) is 0 Å². The third kappa shape index (κ3) is 4.29. The number of azo groups is 1. The molecular formula is C15H14BrN3O3. The van der Waals surface area contributed by atoms with E-state index in [1.165, 1.54) is 14.2 Å². The van der Waals surface area contributed by atoms with Crippen molar-refractivity contribution in [3.63, 3.8) is 0 Å². The van der Waals surface area contributed by atoms with E-state index in [1.807, 2.05) is 30.3 Å². The van der Waals surface area contributed by atoms with Gasteiger partial charge in [-0.3, -0.25) is 0 Å². The van der Waals surface area contributed by atoms with E-state index >= 15 is 0 Å². The van der Waals surface area contributed by atoms with Gasteiger partial charge in [0.2, 0.25) is 0 Å². The van der Waals surface area contributed by atoms with Crippen LogP contribution < -0.4 is 10.1 Å². The Morgan fingerprint density at radius 2 is 1.91 bits per heavy atom. The van der Waals surface area contributed by atoms with E-state index in [0.717, 1.165) is 15.8 Å². The number of nitrogens with zero attached hydrogens (tertiary/aromatic N) is 2. The summed E-state index contributed by atoms with van der Waals surface area (Å²) in [5, 5.41) is 10.5. The summed E-state index contributed by atoms with van der Waals surface area (Å²) in [6.07, 6.45) is -0.765. The number of ether oxygens (including phenoxy) is 2. The molecule has 0 spiro atoms. The van der Waals surface area contributed by atoms with Crippen molar-refractivity contribution < 1.29 is 14.3 Å². The molecule has 2 aromatic carbocycles. The van der Waals surface area contributed by atoms with Gasteiger partial charge in [-0.25, -0.2) is 4.79 Å². The van der Waals surface area contributed by atoms with Crippen LogP contribution in [-0.4, -0.2) is 20.3 Å². The predicted molar refractivity (Wildman–Crippen MR) is 87.3 cm³/mol. The van der Waals surface area contributed by atoms with Gasteiger partial charge in [0.1, 0.15) is 11.4 Å². The Labute approximate surface area is 136 Å². The summed E-state index contributed by atoms with van der Waals surface area (Å²) in [6, 6.07) is 13.1. The van der Waals surface area contributed by atoms with Crippen molar-refractivity contribution in [3.8, 4) is 5.75 Å². The molecule has 0 aliphatic heterocycles. The monoisotopic (exact) mass is 363 g/mol. The van der Waals surface area contributed by atoms with Gasteiger partial charge in [0.15, 0.2) is 0 Å². The molecule has 0 saturated heterocycles. The summed E-state index contributed by atoms with van der Waals surface area (Å²) >= 11 is 3.42. The smallest absolute Gasteiger partial charge is 0.452 e. The number of carbonyl (C=O) groups is 1. The van der Waals surface area contributed by atoms with Gasteiger partial charge >= 0.3 is 6.09 Å². The van der Waals surface area contributed by atoms with Gasteiger partial charge in [-0.15, -0.1) is 5.11 Å².